The Morgan fingerprint density at radius 3 is 2.00 bits per heavy atom. The second kappa shape index (κ2) is 7.18. The molecule has 0 bridgehead atoms. The summed E-state index contributed by atoms with van der Waals surface area (Å²) in [6.45, 7) is 20.0. The van der Waals surface area contributed by atoms with Crippen molar-refractivity contribution in [2.75, 3.05) is 0 Å². The van der Waals surface area contributed by atoms with Gasteiger partial charge in [-0.05, 0) is 58.4 Å². The fraction of sp³-hybridized carbons (Fsp3) is 0.765. The molecule has 0 radical (unpaired) electrons. The first-order chi connectivity index (χ1) is 9.89. The third-order valence-corrected chi connectivity index (χ3v) is 11.8. The van der Waals surface area contributed by atoms with E-state index < -0.39 is 24.8 Å². The zero-order chi connectivity index (χ0) is 17.1. The lowest BCUT2D eigenvalue weighted by molar-refractivity contribution is 0.0796. The van der Waals surface area contributed by atoms with Crippen LogP contribution >= 0.6 is 0 Å². The van der Waals surface area contributed by atoms with Crippen LogP contribution in [0.4, 0.5) is 0 Å². The molecular weight excluding hydrogens is 318 g/mol. The van der Waals surface area contributed by atoms with Crippen molar-refractivity contribution in [1.82, 2.24) is 4.65 Å². The van der Waals surface area contributed by atoms with E-state index in [2.05, 4.69) is 74.2 Å². The Morgan fingerprint density at radius 2 is 1.55 bits per heavy atom. The fourth-order valence-electron chi connectivity index (χ4n) is 3.12. The topological polar surface area (TPSA) is 21.3 Å². The number of rotatable bonds is 5. The maximum atomic E-state index is 6.57. The number of hydrogen-bond acceptors (Lipinski definition) is 2. The first-order valence-electron chi connectivity index (χ1n) is 8.56. The predicted molar refractivity (Wildman–Crippen MR) is 106 cm³/mol. The zero-order valence-electron chi connectivity index (χ0n) is 15.7. The molecule has 22 heavy (non-hydrogen) atoms. The van der Waals surface area contributed by atoms with Crippen LogP contribution in [0.25, 0.3) is 0 Å². The van der Waals surface area contributed by atoms with Gasteiger partial charge in [-0.25, -0.2) is 0 Å². The molecule has 1 saturated carbocycles. The monoisotopic (exact) mass is 353 g/mol. The summed E-state index contributed by atoms with van der Waals surface area (Å²) in [6, 6.07) is 0. The Hall–Kier alpha value is -0.129. The third-order valence-electron chi connectivity index (χ3n) is 3.91. The Bertz CT molecular complexity index is 449. The van der Waals surface area contributed by atoms with Crippen LogP contribution in [0.2, 0.25) is 45.8 Å². The summed E-state index contributed by atoms with van der Waals surface area (Å²) in [4.78, 5) is 0. The van der Waals surface area contributed by atoms with Crippen molar-refractivity contribution >= 4 is 24.8 Å². The molecule has 1 rings (SSSR count). The Morgan fingerprint density at radius 1 is 1.00 bits per heavy atom. The van der Waals surface area contributed by atoms with Gasteiger partial charge in [-0.1, -0.05) is 31.1 Å². The van der Waals surface area contributed by atoms with Crippen LogP contribution in [0.5, 0.6) is 0 Å². The zero-order valence-corrected chi connectivity index (χ0v) is 18.7. The molecule has 0 heterocycles. The summed E-state index contributed by atoms with van der Waals surface area (Å²) in [7, 11) is -4.86. The molecule has 0 unspecified atom stereocenters. The molecule has 2 nitrogen and oxygen atoms in total. The lowest BCUT2D eigenvalue weighted by Crippen LogP contribution is -2.58. The first-order valence-corrected chi connectivity index (χ1v) is 18.0. The van der Waals surface area contributed by atoms with E-state index >= 15 is 0 Å². The average Bonchev–Trinajstić information content (AvgIpc) is 2.35. The van der Waals surface area contributed by atoms with Gasteiger partial charge in [-0.15, -0.1) is 12.1 Å². The van der Waals surface area contributed by atoms with Crippen LogP contribution in [-0.4, -0.2) is 30.4 Å². The molecule has 1 aliphatic rings. The highest BCUT2D eigenvalue weighted by Gasteiger charge is 2.36. The van der Waals surface area contributed by atoms with Gasteiger partial charge < -0.3 is 9.07 Å². The summed E-state index contributed by atoms with van der Waals surface area (Å²) < 4.78 is 10.4. The summed E-state index contributed by atoms with van der Waals surface area (Å²) in [6.07, 6.45) is 6.05. The van der Waals surface area contributed by atoms with Crippen molar-refractivity contribution in [3.63, 3.8) is 0 Å². The molecule has 0 aliphatic heterocycles. The molecule has 0 aromatic carbocycles. The Balaban J connectivity index is 2.97. The van der Waals surface area contributed by atoms with Crippen molar-refractivity contribution in [2.24, 2.45) is 0 Å². The van der Waals surface area contributed by atoms with Crippen LogP contribution in [-0.2, 0) is 4.43 Å². The number of nitrogens with one attached hydrogen (secondary N) is 1. The van der Waals surface area contributed by atoms with E-state index in [1.54, 1.807) is 0 Å². The molecule has 0 aromatic heterocycles. The summed E-state index contributed by atoms with van der Waals surface area (Å²) in [5.41, 5.74) is 5.58. The minimum Gasteiger partial charge on any atom is -0.402 e. The van der Waals surface area contributed by atoms with E-state index in [-0.39, 0.29) is 5.60 Å². The lowest BCUT2D eigenvalue weighted by atomic mass is 9.86. The van der Waals surface area contributed by atoms with Crippen molar-refractivity contribution in [3.8, 4) is 11.5 Å². The van der Waals surface area contributed by atoms with Gasteiger partial charge in [0, 0.05) is 0 Å². The Labute approximate surface area is 141 Å². The lowest BCUT2D eigenvalue weighted by Gasteiger charge is -2.38. The van der Waals surface area contributed by atoms with E-state index in [1.807, 2.05) is 0 Å². The van der Waals surface area contributed by atoms with E-state index in [0.717, 1.165) is 12.8 Å². The maximum absolute atomic E-state index is 6.57. The molecule has 0 amide bonds. The van der Waals surface area contributed by atoms with Crippen molar-refractivity contribution < 1.29 is 4.43 Å². The molecule has 0 saturated heterocycles. The summed E-state index contributed by atoms with van der Waals surface area (Å²) in [5, 5.41) is 0. The fourth-order valence-corrected chi connectivity index (χ4v) is 12.2. The molecular formula is C17H35NOSi3. The second-order valence-electron chi connectivity index (χ2n) is 8.70. The van der Waals surface area contributed by atoms with Crippen LogP contribution in [0.1, 0.15) is 32.1 Å². The highest BCUT2D eigenvalue weighted by atomic mass is 28.4. The minimum absolute atomic E-state index is 0.172. The van der Waals surface area contributed by atoms with Crippen molar-refractivity contribution in [3.05, 3.63) is 12.3 Å². The number of hydrogen-bond donors (Lipinski definition) is 1. The van der Waals surface area contributed by atoms with Gasteiger partial charge in [0.05, 0.1) is 0 Å². The quantitative estimate of drug-likeness (QED) is 0.566. The van der Waals surface area contributed by atoms with Gasteiger partial charge in [0.15, 0.2) is 16.6 Å². The van der Waals surface area contributed by atoms with Gasteiger partial charge in [-0.2, -0.15) is 0 Å². The minimum atomic E-state index is -1.75. The summed E-state index contributed by atoms with van der Waals surface area (Å²) >= 11 is 0. The highest BCUT2D eigenvalue weighted by Crippen LogP contribution is 2.33. The van der Waals surface area contributed by atoms with Crippen LogP contribution in [0.3, 0.4) is 0 Å². The van der Waals surface area contributed by atoms with E-state index in [0.29, 0.717) is 0 Å². The average molecular weight is 354 g/mol. The molecule has 0 spiro atoms. The van der Waals surface area contributed by atoms with Gasteiger partial charge in [0.1, 0.15) is 13.8 Å². The van der Waals surface area contributed by atoms with E-state index in [1.165, 1.54) is 19.3 Å². The maximum Gasteiger partial charge on any atom is 0.195 e. The smallest absolute Gasteiger partial charge is 0.195 e. The van der Waals surface area contributed by atoms with Gasteiger partial charge in [0.25, 0.3) is 0 Å². The molecule has 1 aliphatic carbocycles. The molecule has 1 N–H and O–H groups in total. The van der Waals surface area contributed by atoms with Gasteiger partial charge >= 0.3 is 0 Å². The van der Waals surface area contributed by atoms with Crippen LogP contribution in [0.15, 0.2) is 12.3 Å². The van der Waals surface area contributed by atoms with E-state index in [4.69, 9.17) is 4.43 Å². The predicted octanol–water partition coefficient (Wildman–Crippen LogP) is 4.81. The molecule has 1 fully saturated rings. The van der Waals surface area contributed by atoms with Crippen LogP contribution in [0, 0.1) is 11.5 Å². The third kappa shape index (κ3) is 6.97. The van der Waals surface area contributed by atoms with Crippen molar-refractivity contribution in [1.29, 1.82) is 0 Å². The molecule has 0 aromatic rings. The van der Waals surface area contributed by atoms with E-state index in [9.17, 15) is 0 Å². The first kappa shape index (κ1) is 19.9. The summed E-state index contributed by atoms with van der Waals surface area (Å²) in [5.74, 6) is 3.63. The van der Waals surface area contributed by atoms with Gasteiger partial charge in [0.2, 0.25) is 0 Å². The Kier molecular flexibility index (Phi) is 6.50. The second-order valence-corrected chi connectivity index (χ2v) is 21.5. The molecule has 0 atom stereocenters. The molecule has 126 valence electrons. The largest absolute Gasteiger partial charge is 0.402 e. The molecule has 5 heteroatoms. The normalized spacial score (nSPS) is 19.2. The highest BCUT2D eigenvalue weighted by molar-refractivity contribution is 6.97. The van der Waals surface area contributed by atoms with Crippen molar-refractivity contribution in [2.45, 2.75) is 83.5 Å². The standard InChI is InChI=1S/C17H35NOSi3/c1-9-21(5,6)18-22(7,8)16-15-17(19-20(2,3)4)13-11-10-12-14-17/h9,18H,1,10-14H2,2-8H3. The van der Waals surface area contributed by atoms with Gasteiger partial charge in [-0.3, -0.25) is 0 Å². The SMILES string of the molecule is C=C[Si](C)(C)N[Si](C)(C)C#CC1(O[Si](C)(C)C)CCCCC1. The van der Waals surface area contributed by atoms with Crippen LogP contribution < -0.4 is 4.65 Å².